The van der Waals surface area contributed by atoms with Gasteiger partial charge in [-0.1, -0.05) is 49.2 Å². The molecule has 4 nitrogen and oxygen atoms in total. The van der Waals surface area contributed by atoms with E-state index >= 15 is 0 Å². The Bertz CT molecular complexity index is 1040. The standard InChI is InChI=1S/C27H30F2N2O2/c28-22-9-8-19(16-23(22)29)21-18-30-24(32)17-26(21)12-14-31(15-13-26)25(33)27(10-4-5-11-27)20-6-2-1-3-7-20/h1-3,6-9,16,21H,4-5,10-15,17-18H2,(H,30,32). The molecule has 0 radical (unpaired) electrons. The van der Waals surface area contributed by atoms with Crippen molar-refractivity contribution in [2.75, 3.05) is 19.6 Å². The first kappa shape index (κ1) is 22.1. The zero-order chi connectivity index (χ0) is 23.1. The second-order valence-electron chi connectivity index (χ2n) is 10.0. The minimum atomic E-state index is -0.865. The van der Waals surface area contributed by atoms with E-state index in [2.05, 4.69) is 17.4 Å². The number of hydrogen-bond donors (Lipinski definition) is 1. The lowest BCUT2D eigenvalue weighted by Crippen LogP contribution is -2.55. The van der Waals surface area contributed by atoms with Crippen molar-refractivity contribution in [1.29, 1.82) is 0 Å². The number of amides is 2. The lowest BCUT2D eigenvalue weighted by Gasteiger charge is -2.50. The number of carbonyl (C=O) groups excluding carboxylic acids is 2. The summed E-state index contributed by atoms with van der Waals surface area (Å²) in [5.74, 6) is -1.64. The molecule has 2 aromatic carbocycles. The van der Waals surface area contributed by atoms with Crippen LogP contribution in [0.4, 0.5) is 8.78 Å². The molecule has 2 heterocycles. The van der Waals surface area contributed by atoms with Crippen LogP contribution in [0, 0.1) is 17.0 Å². The molecule has 1 aliphatic carbocycles. The topological polar surface area (TPSA) is 49.4 Å². The Balaban J connectivity index is 1.38. The zero-order valence-corrected chi connectivity index (χ0v) is 18.8. The molecule has 6 heteroatoms. The molecule has 2 amide bonds. The molecular weight excluding hydrogens is 422 g/mol. The summed E-state index contributed by atoms with van der Waals surface area (Å²) in [6, 6.07) is 14.2. The maximum absolute atomic E-state index is 14.0. The highest BCUT2D eigenvalue weighted by Crippen LogP contribution is 2.50. The summed E-state index contributed by atoms with van der Waals surface area (Å²) in [4.78, 5) is 28.2. The van der Waals surface area contributed by atoms with Crippen LogP contribution in [-0.4, -0.2) is 36.3 Å². The highest BCUT2D eigenvalue weighted by molar-refractivity contribution is 5.89. The third-order valence-electron chi connectivity index (χ3n) is 8.34. The van der Waals surface area contributed by atoms with Gasteiger partial charge in [0.2, 0.25) is 11.8 Å². The largest absolute Gasteiger partial charge is 0.355 e. The highest BCUT2D eigenvalue weighted by Gasteiger charge is 2.50. The Morgan fingerprint density at radius 1 is 0.939 bits per heavy atom. The monoisotopic (exact) mass is 452 g/mol. The SMILES string of the molecule is O=C1CC2(CCN(C(=O)C3(c4ccccc4)CCCC3)CC2)C(c2ccc(F)c(F)c2)CN1. The average Bonchev–Trinajstić information content (AvgIpc) is 3.33. The molecule has 3 fully saturated rings. The van der Waals surface area contributed by atoms with Gasteiger partial charge < -0.3 is 10.2 Å². The van der Waals surface area contributed by atoms with Crippen LogP contribution in [0.2, 0.25) is 0 Å². The van der Waals surface area contributed by atoms with Gasteiger partial charge >= 0.3 is 0 Å². The van der Waals surface area contributed by atoms with Crippen molar-refractivity contribution in [1.82, 2.24) is 10.2 Å². The van der Waals surface area contributed by atoms with Gasteiger partial charge in [-0.3, -0.25) is 9.59 Å². The van der Waals surface area contributed by atoms with Crippen LogP contribution in [0.1, 0.15) is 62.0 Å². The minimum absolute atomic E-state index is 0.00911. The molecule has 1 saturated carbocycles. The summed E-state index contributed by atoms with van der Waals surface area (Å²) in [7, 11) is 0. The Kier molecular flexibility index (Phi) is 5.71. The van der Waals surface area contributed by atoms with Gasteiger partial charge in [0.15, 0.2) is 11.6 Å². The minimum Gasteiger partial charge on any atom is -0.355 e. The molecule has 1 unspecified atom stereocenters. The molecule has 2 aromatic rings. The molecule has 1 N–H and O–H groups in total. The van der Waals surface area contributed by atoms with Crippen LogP contribution in [0.3, 0.4) is 0 Å². The highest BCUT2D eigenvalue weighted by atomic mass is 19.2. The smallest absolute Gasteiger partial charge is 0.233 e. The number of benzene rings is 2. The molecule has 0 aromatic heterocycles. The number of carbonyl (C=O) groups is 2. The van der Waals surface area contributed by atoms with Crippen LogP contribution >= 0.6 is 0 Å². The van der Waals surface area contributed by atoms with E-state index in [1.807, 2.05) is 23.1 Å². The van der Waals surface area contributed by atoms with Gasteiger partial charge in [-0.05, 0) is 54.4 Å². The van der Waals surface area contributed by atoms with E-state index in [0.29, 0.717) is 44.5 Å². The number of likely N-dealkylation sites (tertiary alicyclic amines) is 1. The number of hydrogen-bond acceptors (Lipinski definition) is 2. The van der Waals surface area contributed by atoms with Gasteiger partial charge in [-0.2, -0.15) is 0 Å². The quantitative estimate of drug-likeness (QED) is 0.735. The Morgan fingerprint density at radius 3 is 2.30 bits per heavy atom. The molecule has 5 rings (SSSR count). The number of halogens is 2. The van der Waals surface area contributed by atoms with E-state index in [9.17, 15) is 18.4 Å². The number of nitrogens with zero attached hydrogens (tertiary/aromatic N) is 1. The van der Waals surface area contributed by atoms with Crippen molar-refractivity contribution < 1.29 is 18.4 Å². The Hall–Kier alpha value is -2.76. The van der Waals surface area contributed by atoms with Crippen LogP contribution in [-0.2, 0) is 15.0 Å². The zero-order valence-electron chi connectivity index (χ0n) is 18.8. The van der Waals surface area contributed by atoms with Crippen molar-refractivity contribution >= 4 is 11.8 Å². The fourth-order valence-corrected chi connectivity index (χ4v) is 6.48. The van der Waals surface area contributed by atoms with Gasteiger partial charge in [-0.25, -0.2) is 8.78 Å². The van der Waals surface area contributed by atoms with E-state index in [0.717, 1.165) is 37.3 Å². The molecular formula is C27H30F2N2O2. The first-order chi connectivity index (χ1) is 15.9. The number of piperidine rings is 2. The number of rotatable bonds is 3. The molecule has 1 spiro atoms. The van der Waals surface area contributed by atoms with Crippen LogP contribution in [0.5, 0.6) is 0 Å². The third kappa shape index (κ3) is 3.83. The molecule has 0 bridgehead atoms. The summed E-state index contributed by atoms with van der Waals surface area (Å²) in [6.45, 7) is 1.58. The fourth-order valence-electron chi connectivity index (χ4n) is 6.48. The predicted molar refractivity (Wildman–Crippen MR) is 122 cm³/mol. The van der Waals surface area contributed by atoms with E-state index in [1.54, 1.807) is 6.07 Å². The summed E-state index contributed by atoms with van der Waals surface area (Å²) in [5, 5.41) is 2.91. The lowest BCUT2D eigenvalue weighted by molar-refractivity contribution is -0.141. The van der Waals surface area contributed by atoms with Crippen molar-refractivity contribution in [3.05, 3.63) is 71.3 Å². The van der Waals surface area contributed by atoms with E-state index in [4.69, 9.17) is 0 Å². The summed E-state index contributed by atoms with van der Waals surface area (Å²) < 4.78 is 27.5. The van der Waals surface area contributed by atoms with Gasteiger partial charge in [0.25, 0.3) is 0 Å². The molecule has 1 atom stereocenters. The maximum atomic E-state index is 14.0. The van der Waals surface area contributed by atoms with Gasteiger partial charge in [0.1, 0.15) is 0 Å². The van der Waals surface area contributed by atoms with Gasteiger partial charge in [0, 0.05) is 32.0 Å². The van der Waals surface area contributed by atoms with Crippen LogP contribution in [0.25, 0.3) is 0 Å². The maximum Gasteiger partial charge on any atom is 0.233 e. The normalized spacial score (nSPS) is 24.0. The van der Waals surface area contributed by atoms with Gasteiger partial charge in [-0.15, -0.1) is 0 Å². The molecule has 33 heavy (non-hydrogen) atoms. The molecule has 2 aliphatic heterocycles. The molecule has 3 aliphatic rings. The second-order valence-corrected chi connectivity index (χ2v) is 10.0. The molecule has 174 valence electrons. The second kappa shape index (κ2) is 8.54. The summed E-state index contributed by atoms with van der Waals surface area (Å²) >= 11 is 0. The first-order valence-electron chi connectivity index (χ1n) is 12.0. The average molecular weight is 453 g/mol. The Morgan fingerprint density at radius 2 is 1.64 bits per heavy atom. The van der Waals surface area contributed by atoms with Crippen molar-refractivity contribution in [3.8, 4) is 0 Å². The van der Waals surface area contributed by atoms with E-state index in [-0.39, 0.29) is 23.1 Å². The van der Waals surface area contributed by atoms with E-state index in [1.165, 1.54) is 6.07 Å². The summed E-state index contributed by atoms with van der Waals surface area (Å²) in [6.07, 6.45) is 5.56. The number of nitrogens with one attached hydrogen (secondary N) is 1. The summed E-state index contributed by atoms with van der Waals surface area (Å²) in [5.41, 5.74) is 1.02. The fraction of sp³-hybridized carbons (Fsp3) is 0.481. The van der Waals surface area contributed by atoms with E-state index < -0.39 is 17.0 Å². The Labute approximate surface area is 193 Å². The van der Waals surface area contributed by atoms with Crippen molar-refractivity contribution in [2.45, 2.75) is 56.3 Å². The van der Waals surface area contributed by atoms with Crippen molar-refractivity contribution in [3.63, 3.8) is 0 Å². The lowest BCUT2D eigenvalue weighted by atomic mass is 9.62. The third-order valence-corrected chi connectivity index (χ3v) is 8.34. The molecule has 2 saturated heterocycles. The first-order valence-corrected chi connectivity index (χ1v) is 12.0. The van der Waals surface area contributed by atoms with Crippen LogP contribution in [0.15, 0.2) is 48.5 Å². The van der Waals surface area contributed by atoms with Crippen molar-refractivity contribution in [2.24, 2.45) is 5.41 Å². The predicted octanol–water partition coefficient (Wildman–Crippen LogP) is 4.69. The van der Waals surface area contributed by atoms with Crippen LogP contribution < -0.4 is 5.32 Å². The van der Waals surface area contributed by atoms with Gasteiger partial charge in [0.05, 0.1) is 5.41 Å².